The summed E-state index contributed by atoms with van der Waals surface area (Å²) in [5.74, 6) is 0. The predicted molar refractivity (Wildman–Crippen MR) is 39.6 cm³/mol. The van der Waals surface area contributed by atoms with Crippen LogP contribution in [0.15, 0.2) is 34.6 Å². The third kappa shape index (κ3) is 1.79. The van der Waals surface area contributed by atoms with Crippen molar-refractivity contribution in [3.8, 4) is 6.07 Å². The van der Waals surface area contributed by atoms with Gasteiger partial charge in [-0.25, -0.2) is 0 Å². The van der Waals surface area contributed by atoms with Crippen LogP contribution in [0, 0.1) is 11.3 Å². The molecule has 0 N–H and O–H groups in total. The number of nitriles is 1. The van der Waals surface area contributed by atoms with Crippen molar-refractivity contribution in [1.82, 2.24) is 0 Å². The molecule has 0 aromatic heterocycles. The van der Waals surface area contributed by atoms with Gasteiger partial charge >= 0.3 is 0 Å². The zero-order valence-electron chi connectivity index (χ0n) is 4.74. The normalized spacial score (nSPS) is 16.1. The van der Waals surface area contributed by atoms with Crippen molar-refractivity contribution in [1.29, 1.82) is 5.26 Å². The second-order valence-electron chi connectivity index (χ2n) is 1.50. The predicted octanol–water partition coefficient (Wildman–Crippen LogP) is 2.21. The number of thioether (sulfide) groups is 1. The SMILES string of the molecule is N#CC1=CC=CSC=C1. The van der Waals surface area contributed by atoms with Gasteiger partial charge < -0.3 is 0 Å². The van der Waals surface area contributed by atoms with Crippen LogP contribution in [-0.2, 0) is 0 Å². The van der Waals surface area contributed by atoms with E-state index in [1.807, 2.05) is 16.9 Å². The average molecular weight is 135 g/mol. The van der Waals surface area contributed by atoms with Gasteiger partial charge in [0.15, 0.2) is 0 Å². The molecule has 2 heteroatoms. The summed E-state index contributed by atoms with van der Waals surface area (Å²) in [6, 6.07) is 2.05. The first kappa shape index (κ1) is 6.18. The summed E-state index contributed by atoms with van der Waals surface area (Å²) in [7, 11) is 0. The highest BCUT2D eigenvalue weighted by Gasteiger charge is 1.86. The van der Waals surface area contributed by atoms with Gasteiger partial charge in [0.1, 0.15) is 0 Å². The van der Waals surface area contributed by atoms with Crippen LogP contribution in [-0.4, -0.2) is 0 Å². The molecular formula is C7H5NS. The topological polar surface area (TPSA) is 23.8 Å². The van der Waals surface area contributed by atoms with Crippen LogP contribution in [0.4, 0.5) is 0 Å². The summed E-state index contributed by atoms with van der Waals surface area (Å²) in [6.07, 6.45) is 5.45. The molecule has 0 saturated carbocycles. The van der Waals surface area contributed by atoms with Crippen LogP contribution in [0.5, 0.6) is 0 Å². The number of hydrogen-bond donors (Lipinski definition) is 0. The van der Waals surface area contributed by atoms with Crippen LogP contribution in [0.2, 0.25) is 0 Å². The molecule has 1 heterocycles. The summed E-state index contributed by atoms with van der Waals surface area (Å²) in [4.78, 5) is 0. The Morgan fingerprint density at radius 3 is 3.11 bits per heavy atom. The Balaban J connectivity index is 2.82. The molecule has 0 aliphatic carbocycles. The van der Waals surface area contributed by atoms with E-state index in [0.29, 0.717) is 5.57 Å². The van der Waals surface area contributed by atoms with E-state index in [4.69, 9.17) is 5.26 Å². The molecule has 0 bridgehead atoms. The zero-order chi connectivity index (χ0) is 6.53. The largest absolute Gasteiger partial charge is 0.192 e. The molecule has 0 amide bonds. The van der Waals surface area contributed by atoms with Gasteiger partial charge in [-0.2, -0.15) is 5.26 Å². The minimum absolute atomic E-state index is 0.705. The molecule has 0 unspecified atom stereocenters. The smallest absolute Gasteiger partial charge is 0.0991 e. The summed E-state index contributed by atoms with van der Waals surface area (Å²) in [5.41, 5.74) is 0.705. The van der Waals surface area contributed by atoms with Crippen LogP contribution in [0.3, 0.4) is 0 Å². The van der Waals surface area contributed by atoms with Crippen molar-refractivity contribution in [3.63, 3.8) is 0 Å². The fourth-order valence-electron chi connectivity index (χ4n) is 0.476. The molecule has 1 aliphatic rings. The second kappa shape index (κ2) is 3.16. The van der Waals surface area contributed by atoms with E-state index < -0.39 is 0 Å². The number of hydrogen-bond acceptors (Lipinski definition) is 2. The first-order chi connectivity index (χ1) is 4.43. The highest BCUT2D eigenvalue weighted by Crippen LogP contribution is 2.10. The van der Waals surface area contributed by atoms with Crippen LogP contribution < -0.4 is 0 Å². The van der Waals surface area contributed by atoms with E-state index in [2.05, 4.69) is 6.07 Å². The molecule has 0 aromatic carbocycles. The molecule has 0 aromatic rings. The first-order valence-corrected chi connectivity index (χ1v) is 3.47. The van der Waals surface area contributed by atoms with E-state index in [0.717, 1.165) is 0 Å². The Bertz CT molecular complexity index is 218. The Kier molecular flexibility index (Phi) is 2.17. The lowest BCUT2D eigenvalue weighted by molar-refractivity contribution is 1.50. The van der Waals surface area contributed by atoms with Crippen LogP contribution >= 0.6 is 11.8 Å². The van der Waals surface area contributed by atoms with Gasteiger partial charge in [0, 0.05) is 0 Å². The summed E-state index contributed by atoms with van der Waals surface area (Å²) >= 11 is 1.57. The lowest BCUT2D eigenvalue weighted by Crippen LogP contribution is -1.64. The maximum atomic E-state index is 8.40. The van der Waals surface area contributed by atoms with Crippen molar-refractivity contribution in [2.75, 3.05) is 0 Å². The third-order valence-corrected chi connectivity index (χ3v) is 1.50. The Hall–Kier alpha value is -0.940. The molecule has 0 atom stereocenters. The van der Waals surface area contributed by atoms with Gasteiger partial charge in [-0.05, 0) is 23.0 Å². The van der Waals surface area contributed by atoms with Crippen molar-refractivity contribution in [2.45, 2.75) is 0 Å². The van der Waals surface area contributed by atoms with Gasteiger partial charge in [0.05, 0.1) is 11.6 Å². The van der Waals surface area contributed by atoms with Crippen molar-refractivity contribution in [2.24, 2.45) is 0 Å². The van der Waals surface area contributed by atoms with Crippen LogP contribution in [0.25, 0.3) is 0 Å². The summed E-state index contributed by atoms with van der Waals surface area (Å²) in [6.45, 7) is 0. The van der Waals surface area contributed by atoms with Gasteiger partial charge in [-0.3, -0.25) is 0 Å². The molecule has 0 fully saturated rings. The Labute approximate surface area is 58.4 Å². The molecule has 0 radical (unpaired) electrons. The van der Waals surface area contributed by atoms with Gasteiger partial charge in [-0.1, -0.05) is 6.08 Å². The standard InChI is InChI=1S/C7H5NS/c8-6-7-2-1-4-9-5-3-7/h1-5H. The molecule has 44 valence electrons. The van der Waals surface area contributed by atoms with E-state index in [1.165, 1.54) is 0 Å². The quantitative estimate of drug-likeness (QED) is 0.508. The molecule has 1 rings (SSSR count). The number of rotatable bonds is 0. The van der Waals surface area contributed by atoms with E-state index in [-0.39, 0.29) is 0 Å². The second-order valence-corrected chi connectivity index (χ2v) is 2.32. The van der Waals surface area contributed by atoms with Gasteiger partial charge in [0.2, 0.25) is 0 Å². The minimum atomic E-state index is 0.705. The lowest BCUT2D eigenvalue weighted by atomic mass is 10.3. The van der Waals surface area contributed by atoms with Gasteiger partial charge in [-0.15, -0.1) is 11.8 Å². The number of allylic oxidation sites excluding steroid dienone is 4. The molecule has 1 aliphatic heterocycles. The third-order valence-electron chi connectivity index (χ3n) is 0.888. The summed E-state index contributed by atoms with van der Waals surface area (Å²) in [5, 5.41) is 12.2. The maximum Gasteiger partial charge on any atom is 0.0991 e. The average Bonchev–Trinajstić information content (AvgIpc) is 2.13. The molecule has 0 spiro atoms. The first-order valence-electron chi connectivity index (χ1n) is 2.52. The van der Waals surface area contributed by atoms with Crippen LogP contribution in [0.1, 0.15) is 0 Å². The lowest BCUT2D eigenvalue weighted by Gasteiger charge is -1.77. The molecular weight excluding hydrogens is 130 g/mol. The minimum Gasteiger partial charge on any atom is -0.192 e. The fraction of sp³-hybridized carbons (Fsp3) is 0. The van der Waals surface area contributed by atoms with E-state index >= 15 is 0 Å². The van der Waals surface area contributed by atoms with Crippen molar-refractivity contribution < 1.29 is 0 Å². The fourth-order valence-corrected chi connectivity index (χ4v) is 0.962. The number of nitrogens with zero attached hydrogens (tertiary/aromatic N) is 1. The molecule has 1 nitrogen and oxygen atoms in total. The van der Waals surface area contributed by atoms with Crippen molar-refractivity contribution >= 4 is 11.8 Å². The van der Waals surface area contributed by atoms with Gasteiger partial charge in [0.25, 0.3) is 0 Å². The Morgan fingerprint density at radius 2 is 2.33 bits per heavy atom. The van der Waals surface area contributed by atoms with E-state index in [9.17, 15) is 0 Å². The molecule has 0 saturated heterocycles. The molecule has 9 heavy (non-hydrogen) atoms. The summed E-state index contributed by atoms with van der Waals surface area (Å²) < 4.78 is 0. The zero-order valence-corrected chi connectivity index (χ0v) is 5.56. The maximum absolute atomic E-state index is 8.40. The highest BCUT2D eigenvalue weighted by atomic mass is 32.2. The monoisotopic (exact) mass is 135 g/mol. The van der Waals surface area contributed by atoms with E-state index in [1.54, 1.807) is 23.9 Å². The van der Waals surface area contributed by atoms with Crippen molar-refractivity contribution in [3.05, 3.63) is 34.6 Å². The Morgan fingerprint density at radius 1 is 1.44 bits per heavy atom. The highest BCUT2D eigenvalue weighted by molar-refractivity contribution is 8.04.